The van der Waals surface area contributed by atoms with Crippen molar-refractivity contribution in [3.05, 3.63) is 28.5 Å². The van der Waals surface area contributed by atoms with E-state index in [0.717, 1.165) is 6.07 Å². The third kappa shape index (κ3) is 1.70. The summed E-state index contributed by atoms with van der Waals surface area (Å²) in [5.41, 5.74) is 0.638. The molecule has 0 amide bonds. The summed E-state index contributed by atoms with van der Waals surface area (Å²) in [7, 11) is 0. The first kappa shape index (κ1) is 8.91. The van der Waals surface area contributed by atoms with Gasteiger partial charge in [0.05, 0.1) is 0 Å². The average Bonchev–Trinajstić information content (AvgIpc) is 2.01. The van der Waals surface area contributed by atoms with Gasteiger partial charge >= 0.3 is 0 Å². The van der Waals surface area contributed by atoms with Gasteiger partial charge in [-0.2, -0.15) is 4.99 Å². The summed E-state index contributed by atoms with van der Waals surface area (Å²) >= 11 is 5.61. The van der Waals surface area contributed by atoms with Crippen LogP contribution in [0.1, 0.15) is 5.56 Å². The Morgan fingerprint density at radius 3 is 2.83 bits per heavy atom. The molecule has 0 aliphatic rings. The van der Waals surface area contributed by atoms with Gasteiger partial charge in [0.1, 0.15) is 5.69 Å². The lowest BCUT2D eigenvalue weighted by molar-refractivity contribution is 0.564. The molecule has 0 N–H and O–H groups in total. The number of rotatable bonds is 1. The highest BCUT2D eigenvalue weighted by Crippen LogP contribution is 2.24. The number of aryl methyl sites for hydroxylation is 1. The number of hydrogen-bond donors (Lipinski definition) is 0. The van der Waals surface area contributed by atoms with Crippen LogP contribution in [-0.4, -0.2) is 6.08 Å². The van der Waals surface area contributed by atoms with Gasteiger partial charge in [0.2, 0.25) is 6.08 Å². The minimum absolute atomic E-state index is 0.0353. The molecule has 0 aromatic heterocycles. The third-order valence-corrected chi connectivity index (χ3v) is 1.80. The monoisotopic (exact) mass is 185 g/mol. The Kier molecular flexibility index (Phi) is 2.58. The summed E-state index contributed by atoms with van der Waals surface area (Å²) in [6, 6.07) is 2.51. The predicted molar refractivity (Wildman–Crippen MR) is 43.9 cm³/mol. The molecule has 0 unspecified atom stereocenters. The molecule has 12 heavy (non-hydrogen) atoms. The van der Waals surface area contributed by atoms with E-state index in [1.54, 1.807) is 6.92 Å². The fourth-order valence-electron chi connectivity index (χ4n) is 0.777. The molecule has 1 rings (SSSR count). The van der Waals surface area contributed by atoms with E-state index in [1.165, 1.54) is 12.1 Å². The van der Waals surface area contributed by atoms with Crippen LogP contribution in [0.2, 0.25) is 5.02 Å². The maximum Gasteiger partial charge on any atom is 0.240 e. The van der Waals surface area contributed by atoms with E-state index in [0.29, 0.717) is 10.6 Å². The Morgan fingerprint density at radius 2 is 2.25 bits per heavy atom. The maximum atomic E-state index is 12.9. The normalized spacial score (nSPS) is 9.25. The molecule has 0 saturated heterocycles. The SMILES string of the molecule is Cc1cc(N=C=O)c(F)cc1Cl. The second-order valence-corrected chi connectivity index (χ2v) is 2.66. The molecule has 0 bridgehead atoms. The van der Waals surface area contributed by atoms with Gasteiger partial charge in [0, 0.05) is 5.02 Å². The van der Waals surface area contributed by atoms with Crippen LogP contribution in [0.4, 0.5) is 10.1 Å². The number of aliphatic imine (C=N–C) groups is 1. The number of nitrogens with zero attached hydrogens (tertiary/aromatic N) is 1. The number of benzene rings is 1. The highest BCUT2D eigenvalue weighted by atomic mass is 35.5. The first-order chi connectivity index (χ1) is 5.65. The second kappa shape index (κ2) is 3.48. The fraction of sp³-hybridized carbons (Fsp3) is 0.125. The van der Waals surface area contributed by atoms with Crippen molar-refractivity contribution < 1.29 is 9.18 Å². The molecule has 0 fully saturated rings. The first-order valence-electron chi connectivity index (χ1n) is 3.18. The van der Waals surface area contributed by atoms with Crippen LogP contribution in [-0.2, 0) is 4.79 Å². The Morgan fingerprint density at radius 1 is 1.58 bits per heavy atom. The van der Waals surface area contributed by atoms with E-state index >= 15 is 0 Å². The molecule has 0 aliphatic carbocycles. The minimum atomic E-state index is -0.617. The molecule has 4 heteroatoms. The van der Waals surface area contributed by atoms with Crippen molar-refractivity contribution in [2.24, 2.45) is 4.99 Å². The summed E-state index contributed by atoms with van der Waals surface area (Å²) in [5, 5.41) is 0.317. The third-order valence-electron chi connectivity index (χ3n) is 1.39. The van der Waals surface area contributed by atoms with Gasteiger partial charge in [-0.1, -0.05) is 11.6 Å². The zero-order chi connectivity index (χ0) is 9.14. The van der Waals surface area contributed by atoms with Gasteiger partial charge in [-0.15, -0.1) is 0 Å². The first-order valence-corrected chi connectivity index (χ1v) is 3.56. The number of hydrogen-bond acceptors (Lipinski definition) is 2. The van der Waals surface area contributed by atoms with Gasteiger partial charge < -0.3 is 0 Å². The standard InChI is InChI=1S/C8H5ClFNO/c1-5-2-8(11-4-12)7(10)3-6(5)9/h2-3H,1H3. The summed E-state index contributed by atoms with van der Waals surface area (Å²) in [4.78, 5) is 13.0. The zero-order valence-corrected chi connectivity index (χ0v) is 7.02. The van der Waals surface area contributed by atoms with Crippen molar-refractivity contribution in [1.82, 2.24) is 0 Å². The van der Waals surface area contributed by atoms with Gasteiger partial charge in [0.15, 0.2) is 5.82 Å². The Labute approximate surface area is 73.7 Å². The maximum absolute atomic E-state index is 12.9. The van der Waals surface area contributed by atoms with Gasteiger partial charge in [-0.25, -0.2) is 9.18 Å². The predicted octanol–water partition coefficient (Wildman–Crippen LogP) is 2.75. The van der Waals surface area contributed by atoms with E-state index in [1.807, 2.05) is 0 Å². The lowest BCUT2D eigenvalue weighted by Crippen LogP contribution is -1.80. The zero-order valence-electron chi connectivity index (χ0n) is 6.27. The molecule has 0 spiro atoms. The summed E-state index contributed by atoms with van der Waals surface area (Å²) in [6.45, 7) is 1.70. The molecule has 0 heterocycles. The quantitative estimate of drug-likeness (QED) is 0.489. The Balaban J connectivity index is 3.32. The highest BCUT2D eigenvalue weighted by Gasteiger charge is 2.04. The van der Waals surface area contributed by atoms with E-state index in [-0.39, 0.29) is 5.69 Å². The van der Waals surface area contributed by atoms with Crippen molar-refractivity contribution in [3.63, 3.8) is 0 Å². The van der Waals surface area contributed by atoms with Crippen LogP contribution < -0.4 is 0 Å². The Hall–Kier alpha value is -1.18. The number of carbonyl (C=O) groups excluding carboxylic acids is 1. The van der Waals surface area contributed by atoms with Crippen molar-refractivity contribution in [1.29, 1.82) is 0 Å². The van der Waals surface area contributed by atoms with E-state index in [4.69, 9.17) is 11.6 Å². The highest BCUT2D eigenvalue weighted by molar-refractivity contribution is 6.31. The van der Waals surface area contributed by atoms with Crippen LogP contribution in [0.3, 0.4) is 0 Å². The molecule has 0 saturated carbocycles. The molecule has 0 atom stereocenters. The summed E-state index contributed by atoms with van der Waals surface area (Å²) in [5.74, 6) is -0.617. The van der Waals surface area contributed by atoms with Crippen LogP contribution in [0.25, 0.3) is 0 Å². The van der Waals surface area contributed by atoms with Crippen LogP contribution in [0, 0.1) is 12.7 Å². The van der Waals surface area contributed by atoms with Crippen LogP contribution in [0.5, 0.6) is 0 Å². The van der Waals surface area contributed by atoms with Crippen molar-refractivity contribution >= 4 is 23.4 Å². The minimum Gasteiger partial charge on any atom is -0.211 e. The molecule has 62 valence electrons. The molecule has 0 radical (unpaired) electrons. The average molecular weight is 186 g/mol. The molecule has 1 aromatic rings. The summed E-state index contributed by atoms with van der Waals surface area (Å²) in [6.07, 6.45) is 1.26. The van der Waals surface area contributed by atoms with Crippen LogP contribution >= 0.6 is 11.6 Å². The van der Waals surface area contributed by atoms with Crippen molar-refractivity contribution in [3.8, 4) is 0 Å². The van der Waals surface area contributed by atoms with Gasteiger partial charge in [-0.3, -0.25) is 0 Å². The number of isocyanates is 1. The molecular formula is C8H5ClFNO. The Bertz CT molecular complexity index is 358. The van der Waals surface area contributed by atoms with Gasteiger partial charge in [0.25, 0.3) is 0 Å². The van der Waals surface area contributed by atoms with Crippen LogP contribution in [0.15, 0.2) is 17.1 Å². The van der Waals surface area contributed by atoms with E-state index < -0.39 is 5.82 Å². The molecule has 0 aliphatic heterocycles. The molecular weight excluding hydrogens is 181 g/mol. The van der Waals surface area contributed by atoms with E-state index in [9.17, 15) is 9.18 Å². The second-order valence-electron chi connectivity index (χ2n) is 2.26. The van der Waals surface area contributed by atoms with Gasteiger partial charge in [-0.05, 0) is 24.6 Å². The van der Waals surface area contributed by atoms with E-state index in [2.05, 4.69) is 4.99 Å². The largest absolute Gasteiger partial charge is 0.240 e. The summed E-state index contributed by atoms with van der Waals surface area (Å²) < 4.78 is 12.9. The fourth-order valence-corrected chi connectivity index (χ4v) is 0.927. The van der Waals surface area contributed by atoms with Crippen molar-refractivity contribution in [2.45, 2.75) is 6.92 Å². The number of halogens is 2. The van der Waals surface area contributed by atoms with Crippen molar-refractivity contribution in [2.75, 3.05) is 0 Å². The smallest absolute Gasteiger partial charge is 0.211 e. The molecule has 1 aromatic carbocycles. The lowest BCUT2D eigenvalue weighted by atomic mass is 10.2. The lowest BCUT2D eigenvalue weighted by Gasteiger charge is -1.98. The topological polar surface area (TPSA) is 29.4 Å². The molecule has 2 nitrogen and oxygen atoms in total.